The third-order valence-corrected chi connectivity index (χ3v) is 6.43. The van der Waals surface area contributed by atoms with Crippen molar-refractivity contribution >= 4 is 23.2 Å². The fourth-order valence-corrected chi connectivity index (χ4v) is 4.43. The number of hydrogen-bond donors (Lipinski definition) is 3. The Morgan fingerprint density at radius 3 is 2.76 bits per heavy atom. The maximum Gasteiger partial charge on any atom is 0.255 e. The van der Waals surface area contributed by atoms with E-state index in [-0.39, 0.29) is 5.91 Å². The standard InChI is InChI=1S/C29H31N7O/c1-20-5-10-25(16-27(20)35-29-32-13-11-26(34-29)24-4-3-12-30-17-24)33-28(37)23-8-6-22(7-9-23)19-36-15-14-31-21(2)18-36/h3-13,16-17,21,31H,14-15,18-19H2,1-2H3,(H,33,37)(H,32,34,35). The third kappa shape index (κ3) is 6.35. The summed E-state index contributed by atoms with van der Waals surface area (Å²) < 4.78 is 0. The Morgan fingerprint density at radius 2 is 1.97 bits per heavy atom. The van der Waals surface area contributed by atoms with Gasteiger partial charge in [-0.3, -0.25) is 14.7 Å². The van der Waals surface area contributed by atoms with Crippen LogP contribution in [-0.4, -0.2) is 51.4 Å². The summed E-state index contributed by atoms with van der Waals surface area (Å²) in [5.74, 6) is 0.328. The minimum atomic E-state index is -0.146. The van der Waals surface area contributed by atoms with E-state index in [0.717, 1.165) is 48.7 Å². The number of nitrogens with zero attached hydrogens (tertiary/aromatic N) is 4. The number of carbonyl (C=O) groups is 1. The second-order valence-corrected chi connectivity index (χ2v) is 9.40. The van der Waals surface area contributed by atoms with Gasteiger partial charge in [-0.25, -0.2) is 9.97 Å². The monoisotopic (exact) mass is 493 g/mol. The normalized spacial score (nSPS) is 15.8. The number of nitrogens with one attached hydrogen (secondary N) is 3. The summed E-state index contributed by atoms with van der Waals surface area (Å²) in [4.78, 5) is 28.5. The molecule has 5 rings (SSSR count). The SMILES string of the molecule is Cc1ccc(NC(=O)c2ccc(CN3CCNC(C)C3)cc2)cc1Nc1nccc(-c2cccnc2)n1. The summed E-state index contributed by atoms with van der Waals surface area (Å²) >= 11 is 0. The van der Waals surface area contributed by atoms with Gasteiger partial charge in [0.1, 0.15) is 0 Å². The molecule has 1 saturated heterocycles. The Morgan fingerprint density at radius 1 is 1.11 bits per heavy atom. The highest BCUT2D eigenvalue weighted by atomic mass is 16.1. The van der Waals surface area contributed by atoms with E-state index in [4.69, 9.17) is 0 Å². The van der Waals surface area contributed by atoms with Crippen molar-refractivity contribution in [3.63, 3.8) is 0 Å². The zero-order valence-electron chi connectivity index (χ0n) is 21.1. The lowest BCUT2D eigenvalue weighted by molar-refractivity contribution is 0.102. The Labute approximate surface area is 217 Å². The number of hydrogen-bond acceptors (Lipinski definition) is 7. The van der Waals surface area contributed by atoms with Crippen LogP contribution in [0, 0.1) is 6.92 Å². The number of aromatic nitrogens is 3. The van der Waals surface area contributed by atoms with Crippen molar-refractivity contribution in [1.82, 2.24) is 25.2 Å². The first-order valence-electron chi connectivity index (χ1n) is 12.5. The molecule has 1 aliphatic rings. The first kappa shape index (κ1) is 24.5. The Bertz CT molecular complexity index is 1360. The number of aryl methyl sites for hydroxylation is 1. The topological polar surface area (TPSA) is 95.1 Å². The zero-order chi connectivity index (χ0) is 25.6. The molecule has 2 aromatic heterocycles. The predicted molar refractivity (Wildman–Crippen MR) is 147 cm³/mol. The van der Waals surface area contributed by atoms with Crippen molar-refractivity contribution in [2.75, 3.05) is 30.3 Å². The van der Waals surface area contributed by atoms with Crippen LogP contribution >= 0.6 is 0 Å². The van der Waals surface area contributed by atoms with E-state index in [1.165, 1.54) is 5.56 Å². The fraction of sp³-hybridized carbons (Fsp3) is 0.241. The molecular formula is C29H31N7O. The van der Waals surface area contributed by atoms with Gasteiger partial charge in [0.05, 0.1) is 5.69 Å². The average Bonchev–Trinajstić information content (AvgIpc) is 2.92. The molecule has 37 heavy (non-hydrogen) atoms. The van der Waals surface area contributed by atoms with Gasteiger partial charge in [-0.1, -0.05) is 18.2 Å². The lowest BCUT2D eigenvalue weighted by Gasteiger charge is -2.31. The van der Waals surface area contributed by atoms with E-state index in [9.17, 15) is 4.79 Å². The Hall–Kier alpha value is -4.14. The number of rotatable bonds is 7. The molecule has 8 heteroatoms. The number of pyridine rings is 1. The van der Waals surface area contributed by atoms with Crippen molar-refractivity contribution in [2.45, 2.75) is 26.4 Å². The molecule has 1 unspecified atom stereocenters. The molecule has 3 N–H and O–H groups in total. The van der Waals surface area contributed by atoms with Crippen LogP contribution in [0.2, 0.25) is 0 Å². The second kappa shape index (κ2) is 11.3. The molecule has 1 amide bonds. The number of anilines is 3. The highest BCUT2D eigenvalue weighted by Crippen LogP contribution is 2.24. The maximum atomic E-state index is 12.9. The van der Waals surface area contributed by atoms with Crippen LogP contribution in [0.5, 0.6) is 0 Å². The van der Waals surface area contributed by atoms with Crippen LogP contribution in [0.3, 0.4) is 0 Å². The van der Waals surface area contributed by atoms with Crippen molar-refractivity contribution in [2.24, 2.45) is 0 Å². The number of carbonyl (C=O) groups excluding carboxylic acids is 1. The smallest absolute Gasteiger partial charge is 0.255 e. The molecule has 0 saturated carbocycles. The molecule has 0 radical (unpaired) electrons. The van der Waals surface area contributed by atoms with Gasteiger partial charge in [0.2, 0.25) is 5.95 Å². The Kier molecular flexibility index (Phi) is 7.49. The van der Waals surface area contributed by atoms with E-state index in [1.54, 1.807) is 18.6 Å². The van der Waals surface area contributed by atoms with Crippen molar-refractivity contribution in [1.29, 1.82) is 0 Å². The molecular weight excluding hydrogens is 462 g/mol. The van der Waals surface area contributed by atoms with Gasteiger partial charge in [0.25, 0.3) is 5.91 Å². The minimum absolute atomic E-state index is 0.146. The highest BCUT2D eigenvalue weighted by molar-refractivity contribution is 6.04. The van der Waals surface area contributed by atoms with Gasteiger partial charge < -0.3 is 16.0 Å². The van der Waals surface area contributed by atoms with Crippen LogP contribution < -0.4 is 16.0 Å². The minimum Gasteiger partial charge on any atom is -0.324 e. The molecule has 2 aromatic carbocycles. The van der Waals surface area contributed by atoms with Gasteiger partial charge in [0.15, 0.2) is 0 Å². The summed E-state index contributed by atoms with van der Waals surface area (Å²) in [5, 5.41) is 9.76. The summed E-state index contributed by atoms with van der Waals surface area (Å²) in [6.07, 6.45) is 5.21. The molecule has 188 valence electrons. The summed E-state index contributed by atoms with van der Waals surface area (Å²) in [5.41, 5.74) is 6.06. The van der Waals surface area contributed by atoms with E-state index < -0.39 is 0 Å². The van der Waals surface area contributed by atoms with E-state index in [2.05, 4.69) is 42.7 Å². The van der Waals surface area contributed by atoms with Gasteiger partial charge in [-0.2, -0.15) is 0 Å². The van der Waals surface area contributed by atoms with E-state index >= 15 is 0 Å². The number of piperazine rings is 1. The maximum absolute atomic E-state index is 12.9. The van der Waals surface area contributed by atoms with E-state index in [1.807, 2.05) is 67.6 Å². The lowest BCUT2D eigenvalue weighted by Crippen LogP contribution is -2.48. The molecule has 1 aliphatic heterocycles. The molecule has 1 atom stereocenters. The summed E-state index contributed by atoms with van der Waals surface area (Å²) in [6.45, 7) is 8.18. The number of amides is 1. The molecule has 0 aliphatic carbocycles. The third-order valence-electron chi connectivity index (χ3n) is 6.43. The van der Waals surface area contributed by atoms with Crippen molar-refractivity contribution in [3.8, 4) is 11.3 Å². The van der Waals surface area contributed by atoms with Crippen molar-refractivity contribution in [3.05, 3.63) is 95.9 Å². The number of benzene rings is 2. The van der Waals surface area contributed by atoms with Gasteiger partial charge in [-0.15, -0.1) is 0 Å². The molecule has 1 fully saturated rings. The molecule has 8 nitrogen and oxygen atoms in total. The largest absolute Gasteiger partial charge is 0.324 e. The lowest BCUT2D eigenvalue weighted by atomic mass is 10.1. The van der Waals surface area contributed by atoms with Crippen LogP contribution in [-0.2, 0) is 6.54 Å². The van der Waals surface area contributed by atoms with E-state index in [0.29, 0.717) is 23.2 Å². The van der Waals surface area contributed by atoms with Gasteiger partial charge in [-0.05, 0) is 67.4 Å². The molecule has 3 heterocycles. The first-order valence-corrected chi connectivity index (χ1v) is 12.5. The average molecular weight is 494 g/mol. The zero-order valence-corrected chi connectivity index (χ0v) is 21.1. The summed E-state index contributed by atoms with van der Waals surface area (Å²) in [7, 11) is 0. The highest BCUT2D eigenvalue weighted by Gasteiger charge is 2.16. The Balaban J connectivity index is 1.24. The quantitative estimate of drug-likeness (QED) is 0.345. The molecule has 0 spiro atoms. The van der Waals surface area contributed by atoms with Crippen LogP contribution in [0.15, 0.2) is 79.3 Å². The fourth-order valence-electron chi connectivity index (χ4n) is 4.43. The second-order valence-electron chi connectivity index (χ2n) is 9.40. The van der Waals surface area contributed by atoms with Crippen LogP contribution in [0.1, 0.15) is 28.4 Å². The van der Waals surface area contributed by atoms with Gasteiger partial charge in [0, 0.05) is 73.3 Å². The molecule has 4 aromatic rings. The molecule has 0 bridgehead atoms. The van der Waals surface area contributed by atoms with Crippen LogP contribution in [0.4, 0.5) is 17.3 Å². The predicted octanol–water partition coefficient (Wildman–Crippen LogP) is 4.64. The van der Waals surface area contributed by atoms with Crippen molar-refractivity contribution < 1.29 is 4.79 Å². The summed E-state index contributed by atoms with van der Waals surface area (Å²) in [6, 6.07) is 19.8. The van der Waals surface area contributed by atoms with Crippen LogP contribution in [0.25, 0.3) is 11.3 Å². The van der Waals surface area contributed by atoms with Gasteiger partial charge >= 0.3 is 0 Å². The first-order chi connectivity index (χ1) is 18.0.